The van der Waals surface area contributed by atoms with Crippen molar-refractivity contribution in [2.24, 2.45) is 5.92 Å². The van der Waals surface area contributed by atoms with E-state index in [1.807, 2.05) is 18.3 Å². The number of morpholine rings is 1. The van der Waals surface area contributed by atoms with Gasteiger partial charge in [0.25, 0.3) is 0 Å². The summed E-state index contributed by atoms with van der Waals surface area (Å²) in [5.74, 6) is 1.00. The zero-order valence-corrected chi connectivity index (χ0v) is 13.4. The summed E-state index contributed by atoms with van der Waals surface area (Å²) < 4.78 is 6.74. The van der Waals surface area contributed by atoms with E-state index < -0.39 is 0 Å². The third-order valence-electron chi connectivity index (χ3n) is 6.35. The first-order valence-electron chi connectivity index (χ1n) is 8.70. The Morgan fingerprint density at radius 3 is 3.09 bits per heavy atom. The SMILES string of the molecule is CC[C@]12CN3CC[C@H]1CC3[C@H](c1ccnc3ccc(O)cc13)O2. The molecule has 6 heterocycles. The first kappa shape index (κ1) is 13.8. The standard InChI is InChI=1S/C19H22N2O2/c1-2-19-11-21-8-6-12(19)9-17(21)18(23-19)14-5-7-20-16-4-3-13(22)10-15(14)16/h3-5,7,10,12,17-18,22H,2,6,8-9,11H2,1H3/t12-,17?,18-,19-/m0/s1. The summed E-state index contributed by atoms with van der Waals surface area (Å²) >= 11 is 0. The summed E-state index contributed by atoms with van der Waals surface area (Å²) in [5.41, 5.74) is 2.12. The molecule has 1 aromatic heterocycles. The number of nitrogens with zero attached hydrogens (tertiary/aromatic N) is 2. The second-order valence-corrected chi connectivity index (χ2v) is 7.32. The van der Waals surface area contributed by atoms with Gasteiger partial charge in [-0.05, 0) is 61.6 Å². The molecule has 4 nitrogen and oxygen atoms in total. The van der Waals surface area contributed by atoms with Crippen molar-refractivity contribution in [3.05, 3.63) is 36.0 Å². The smallest absolute Gasteiger partial charge is 0.116 e. The fourth-order valence-corrected chi connectivity index (χ4v) is 5.13. The van der Waals surface area contributed by atoms with Crippen molar-refractivity contribution in [2.45, 2.75) is 43.9 Å². The number of pyridine rings is 1. The quantitative estimate of drug-likeness (QED) is 0.925. The number of phenols is 1. The second kappa shape index (κ2) is 4.68. The average Bonchev–Trinajstić information content (AvgIpc) is 2.61. The van der Waals surface area contributed by atoms with Gasteiger partial charge in [-0.1, -0.05) is 6.92 Å². The molecule has 2 unspecified atom stereocenters. The highest BCUT2D eigenvalue weighted by Gasteiger charge is 2.58. The van der Waals surface area contributed by atoms with Gasteiger partial charge in [0, 0.05) is 24.2 Å². The van der Waals surface area contributed by atoms with E-state index in [0.29, 0.717) is 17.7 Å². The molecule has 0 radical (unpaired) electrons. The Morgan fingerprint density at radius 1 is 1.39 bits per heavy atom. The number of rotatable bonds is 2. The van der Waals surface area contributed by atoms with Gasteiger partial charge in [-0.25, -0.2) is 0 Å². The first-order valence-corrected chi connectivity index (χ1v) is 8.70. The maximum atomic E-state index is 9.91. The maximum Gasteiger partial charge on any atom is 0.116 e. The molecule has 5 saturated heterocycles. The molecule has 7 rings (SSSR count). The van der Waals surface area contributed by atoms with Gasteiger partial charge in [-0.3, -0.25) is 9.88 Å². The third kappa shape index (κ3) is 1.82. The van der Waals surface area contributed by atoms with Crippen LogP contribution in [0.3, 0.4) is 0 Å². The fourth-order valence-electron chi connectivity index (χ4n) is 5.13. The van der Waals surface area contributed by atoms with Crippen molar-refractivity contribution in [2.75, 3.05) is 13.1 Å². The molecule has 2 aromatic rings. The van der Waals surface area contributed by atoms with Crippen molar-refractivity contribution in [3.8, 4) is 5.75 Å². The Hall–Kier alpha value is -1.65. The molecular formula is C19H22N2O2. The Morgan fingerprint density at radius 2 is 2.30 bits per heavy atom. The molecule has 4 heteroatoms. The third-order valence-corrected chi connectivity index (χ3v) is 6.35. The van der Waals surface area contributed by atoms with Crippen LogP contribution in [0.1, 0.15) is 37.9 Å². The molecule has 0 aliphatic carbocycles. The Bertz CT molecular complexity index is 777. The highest BCUT2D eigenvalue weighted by Crippen LogP contribution is 2.54. The number of fused-ring (bicyclic) bond motifs is 3. The lowest BCUT2D eigenvalue weighted by molar-refractivity contribution is -0.274. The zero-order chi connectivity index (χ0) is 15.6. The van der Waals surface area contributed by atoms with Crippen LogP contribution in [0.15, 0.2) is 30.5 Å². The minimum atomic E-state index is 0.0179. The van der Waals surface area contributed by atoms with E-state index in [4.69, 9.17) is 4.74 Å². The highest BCUT2D eigenvalue weighted by atomic mass is 16.5. The lowest BCUT2D eigenvalue weighted by Crippen LogP contribution is -2.70. The number of hydrogen-bond donors (Lipinski definition) is 1. The average molecular weight is 310 g/mol. The summed E-state index contributed by atoms with van der Waals surface area (Å²) in [6.45, 7) is 4.55. The fraction of sp³-hybridized carbons (Fsp3) is 0.526. The number of phenolic OH excluding ortho intramolecular Hbond substituents is 1. The van der Waals surface area contributed by atoms with Gasteiger partial charge in [0.1, 0.15) is 5.75 Å². The monoisotopic (exact) mass is 310 g/mol. The van der Waals surface area contributed by atoms with Crippen LogP contribution in [0.2, 0.25) is 0 Å². The van der Waals surface area contributed by atoms with Crippen molar-refractivity contribution >= 4 is 10.9 Å². The van der Waals surface area contributed by atoms with E-state index in [1.54, 1.807) is 6.07 Å². The lowest BCUT2D eigenvalue weighted by atomic mass is 9.66. The predicted octanol–water partition coefficient (Wildman–Crippen LogP) is 3.25. The van der Waals surface area contributed by atoms with Crippen LogP contribution in [-0.4, -0.2) is 39.7 Å². The van der Waals surface area contributed by atoms with Crippen LogP contribution in [-0.2, 0) is 4.74 Å². The Balaban J connectivity index is 1.64. The van der Waals surface area contributed by atoms with Gasteiger partial charge in [-0.15, -0.1) is 0 Å². The van der Waals surface area contributed by atoms with E-state index >= 15 is 0 Å². The summed E-state index contributed by atoms with van der Waals surface area (Å²) in [5, 5.41) is 10.9. The molecule has 0 saturated carbocycles. The number of aromatic nitrogens is 1. The molecular weight excluding hydrogens is 288 g/mol. The first-order chi connectivity index (χ1) is 11.2. The molecule has 1 N–H and O–H groups in total. The van der Waals surface area contributed by atoms with E-state index in [1.165, 1.54) is 24.9 Å². The molecule has 5 atom stereocenters. The van der Waals surface area contributed by atoms with Crippen LogP contribution >= 0.6 is 0 Å². The molecule has 23 heavy (non-hydrogen) atoms. The van der Waals surface area contributed by atoms with Crippen molar-refractivity contribution < 1.29 is 9.84 Å². The van der Waals surface area contributed by atoms with Crippen molar-refractivity contribution in [1.29, 1.82) is 0 Å². The Kier molecular flexibility index (Phi) is 2.80. The zero-order valence-electron chi connectivity index (χ0n) is 13.4. The molecule has 4 bridgehead atoms. The summed E-state index contributed by atoms with van der Waals surface area (Å²) in [7, 11) is 0. The van der Waals surface area contributed by atoms with Crippen LogP contribution in [0.5, 0.6) is 5.75 Å². The normalized spacial score (nSPS) is 38.3. The van der Waals surface area contributed by atoms with Crippen LogP contribution in [0.4, 0.5) is 0 Å². The van der Waals surface area contributed by atoms with E-state index in [2.05, 4.69) is 22.9 Å². The van der Waals surface area contributed by atoms with Gasteiger partial charge in [-0.2, -0.15) is 0 Å². The number of benzene rings is 1. The predicted molar refractivity (Wildman–Crippen MR) is 88.3 cm³/mol. The van der Waals surface area contributed by atoms with E-state index in [9.17, 15) is 5.11 Å². The summed E-state index contributed by atoms with van der Waals surface area (Å²) in [4.78, 5) is 7.08. The molecule has 1 aromatic carbocycles. The number of ether oxygens (including phenoxy) is 1. The minimum Gasteiger partial charge on any atom is -0.508 e. The van der Waals surface area contributed by atoms with Crippen molar-refractivity contribution in [1.82, 2.24) is 9.88 Å². The molecule has 120 valence electrons. The largest absolute Gasteiger partial charge is 0.508 e. The molecule has 0 spiro atoms. The Labute approximate surface area is 136 Å². The number of aromatic hydroxyl groups is 1. The van der Waals surface area contributed by atoms with Gasteiger partial charge < -0.3 is 9.84 Å². The topological polar surface area (TPSA) is 45.6 Å². The molecule has 5 fully saturated rings. The van der Waals surface area contributed by atoms with E-state index in [-0.39, 0.29) is 11.7 Å². The van der Waals surface area contributed by atoms with Crippen LogP contribution in [0, 0.1) is 5.92 Å². The lowest BCUT2D eigenvalue weighted by Gasteiger charge is -2.64. The van der Waals surface area contributed by atoms with Crippen LogP contribution in [0.25, 0.3) is 10.9 Å². The molecule has 5 aliphatic rings. The van der Waals surface area contributed by atoms with E-state index in [0.717, 1.165) is 23.9 Å². The number of hydrogen-bond acceptors (Lipinski definition) is 4. The molecule has 5 aliphatic heterocycles. The van der Waals surface area contributed by atoms with Gasteiger partial charge in [0.15, 0.2) is 0 Å². The van der Waals surface area contributed by atoms with Crippen LogP contribution < -0.4 is 0 Å². The molecule has 0 amide bonds. The maximum absolute atomic E-state index is 9.91. The number of piperidine rings is 3. The highest BCUT2D eigenvalue weighted by molar-refractivity contribution is 5.83. The summed E-state index contributed by atoms with van der Waals surface area (Å²) in [6.07, 6.45) is 5.54. The van der Waals surface area contributed by atoms with Gasteiger partial charge >= 0.3 is 0 Å². The second-order valence-electron chi connectivity index (χ2n) is 7.32. The minimum absolute atomic E-state index is 0.0179. The van der Waals surface area contributed by atoms with Gasteiger partial charge in [0.2, 0.25) is 0 Å². The van der Waals surface area contributed by atoms with Gasteiger partial charge in [0.05, 0.1) is 17.2 Å². The summed E-state index contributed by atoms with van der Waals surface area (Å²) in [6, 6.07) is 7.96. The van der Waals surface area contributed by atoms with Crippen molar-refractivity contribution in [3.63, 3.8) is 0 Å².